The first-order chi connectivity index (χ1) is 16.9. The van der Waals surface area contributed by atoms with Crippen LogP contribution < -0.4 is 18.5 Å². The minimum atomic E-state index is -3.85. The summed E-state index contributed by atoms with van der Waals surface area (Å²) in [5.74, 6) is 1.57. The van der Waals surface area contributed by atoms with Crippen LogP contribution in [0.2, 0.25) is 0 Å². The van der Waals surface area contributed by atoms with E-state index in [0.29, 0.717) is 54.8 Å². The first-order valence-corrected chi connectivity index (χ1v) is 12.7. The predicted molar refractivity (Wildman–Crippen MR) is 133 cm³/mol. The predicted octanol–water partition coefficient (Wildman–Crippen LogP) is 3.95. The van der Waals surface area contributed by atoms with E-state index in [2.05, 4.69) is 0 Å². The third kappa shape index (κ3) is 4.90. The highest BCUT2D eigenvalue weighted by molar-refractivity contribution is 7.92. The molecule has 0 unspecified atom stereocenters. The van der Waals surface area contributed by atoms with Gasteiger partial charge in [0.15, 0.2) is 11.5 Å². The summed E-state index contributed by atoms with van der Waals surface area (Å²) in [6, 6.07) is 18.5. The molecule has 1 amide bonds. The summed E-state index contributed by atoms with van der Waals surface area (Å²) in [4.78, 5) is 15.0. The molecule has 0 aliphatic carbocycles. The van der Waals surface area contributed by atoms with E-state index >= 15 is 0 Å². The number of rotatable bonds is 8. The molecule has 4 rings (SSSR count). The number of hydrogen-bond donors (Lipinski definition) is 0. The van der Waals surface area contributed by atoms with Gasteiger partial charge >= 0.3 is 0 Å². The number of ether oxygens (including phenoxy) is 3. The molecule has 0 saturated heterocycles. The lowest BCUT2D eigenvalue weighted by molar-refractivity contribution is 0.0749. The summed E-state index contributed by atoms with van der Waals surface area (Å²) in [5, 5.41) is 0. The van der Waals surface area contributed by atoms with Crippen LogP contribution in [0.15, 0.2) is 71.6 Å². The largest absolute Gasteiger partial charge is 0.495 e. The van der Waals surface area contributed by atoms with Gasteiger partial charge in [-0.3, -0.25) is 9.10 Å². The van der Waals surface area contributed by atoms with Gasteiger partial charge in [-0.15, -0.1) is 0 Å². The minimum absolute atomic E-state index is 0.0770. The molecule has 0 radical (unpaired) electrons. The van der Waals surface area contributed by atoms with Crippen LogP contribution in [0.1, 0.15) is 22.8 Å². The maximum atomic E-state index is 13.2. The van der Waals surface area contributed by atoms with Crippen molar-refractivity contribution in [3.05, 3.63) is 77.9 Å². The van der Waals surface area contributed by atoms with Gasteiger partial charge in [0.05, 0.1) is 17.7 Å². The molecular weight excluding hydrogens is 468 g/mol. The molecule has 0 aromatic heterocycles. The molecule has 35 heavy (non-hydrogen) atoms. The van der Waals surface area contributed by atoms with Gasteiger partial charge in [-0.25, -0.2) is 8.42 Å². The van der Waals surface area contributed by atoms with E-state index in [1.807, 2.05) is 25.1 Å². The molecule has 0 fully saturated rings. The lowest BCUT2D eigenvalue weighted by Gasteiger charge is -2.25. The fourth-order valence-corrected chi connectivity index (χ4v) is 5.13. The Bertz CT molecular complexity index is 1310. The average Bonchev–Trinajstić information content (AvgIpc) is 2.91. The van der Waals surface area contributed by atoms with Gasteiger partial charge in [0.2, 0.25) is 0 Å². The maximum Gasteiger partial charge on any atom is 0.264 e. The standard InChI is InChI=1S/C26H28N2O6S/c1-4-28(18-20-8-7-11-24-25(20)34-17-16-33-24)26(29)19-12-14-21(15-13-19)35(30,31)27(2)22-9-5-6-10-23(22)32-3/h5-15H,4,16-18H2,1-3H3. The molecule has 0 atom stereocenters. The normalized spacial score (nSPS) is 12.7. The lowest BCUT2D eigenvalue weighted by Crippen LogP contribution is -2.31. The highest BCUT2D eigenvalue weighted by Crippen LogP contribution is 2.35. The van der Waals surface area contributed by atoms with Crippen molar-refractivity contribution in [2.24, 2.45) is 0 Å². The maximum absolute atomic E-state index is 13.2. The van der Waals surface area contributed by atoms with Crippen molar-refractivity contribution in [1.82, 2.24) is 4.90 Å². The fourth-order valence-electron chi connectivity index (χ4n) is 3.92. The van der Waals surface area contributed by atoms with E-state index in [4.69, 9.17) is 14.2 Å². The molecule has 9 heteroatoms. The first-order valence-electron chi connectivity index (χ1n) is 11.3. The number of methoxy groups -OCH3 is 1. The summed E-state index contributed by atoms with van der Waals surface area (Å²) in [6.45, 7) is 3.67. The average molecular weight is 497 g/mol. The van der Waals surface area contributed by atoms with Gasteiger partial charge < -0.3 is 19.1 Å². The van der Waals surface area contributed by atoms with Crippen molar-refractivity contribution in [1.29, 1.82) is 0 Å². The highest BCUT2D eigenvalue weighted by atomic mass is 32.2. The van der Waals surface area contributed by atoms with Gasteiger partial charge in [0.25, 0.3) is 15.9 Å². The van der Waals surface area contributed by atoms with Gasteiger partial charge in [-0.1, -0.05) is 24.3 Å². The Balaban J connectivity index is 1.54. The monoisotopic (exact) mass is 496 g/mol. The van der Waals surface area contributed by atoms with Gasteiger partial charge in [0.1, 0.15) is 19.0 Å². The molecule has 184 valence electrons. The van der Waals surface area contributed by atoms with E-state index in [0.717, 1.165) is 5.56 Å². The number of amides is 1. The number of para-hydroxylation sites is 3. The van der Waals surface area contributed by atoms with Gasteiger partial charge in [-0.05, 0) is 49.4 Å². The lowest BCUT2D eigenvalue weighted by atomic mass is 10.1. The summed E-state index contributed by atoms with van der Waals surface area (Å²) >= 11 is 0. The molecule has 0 N–H and O–H groups in total. The third-order valence-electron chi connectivity index (χ3n) is 5.86. The molecule has 3 aromatic rings. The van der Waals surface area contributed by atoms with E-state index in [-0.39, 0.29) is 10.8 Å². The minimum Gasteiger partial charge on any atom is -0.495 e. The topological polar surface area (TPSA) is 85.4 Å². The molecule has 0 spiro atoms. The number of nitrogens with zero attached hydrogens (tertiary/aromatic N) is 2. The second kappa shape index (κ2) is 10.3. The second-order valence-corrected chi connectivity index (χ2v) is 9.90. The van der Waals surface area contributed by atoms with Crippen LogP contribution in [0.4, 0.5) is 5.69 Å². The van der Waals surface area contributed by atoms with E-state index in [9.17, 15) is 13.2 Å². The number of carbonyl (C=O) groups excluding carboxylic acids is 1. The van der Waals surface area contributed by atoms with Crippen LogP contribution >= 0.6 is 0 Å². The van der Waals surface area contributed by atoms with Crippen LogP contribution in [-0.4, -0.2) is 53.1 Å². The molecule has 8 nitrogen and oxygen atoms in total. The zero-order valence-electron chi connectivity index (χ0n) is 19.9. The quantitative estimate of drug-likeness (QED) is 0.469. The van der Waals surface area contributed by atoms with Crippen LogP contribution in [0, 0.1) is 0 Å². The summed E-state index contributed by atoms with van der Waals surface area (Å²) in [7, 11) is -0.894. The second-order valence-electron chi connectivity index (χ2n) is 7.93. The number of hydrogen-bond acceptors (Lipinski definition) is 6. The molecule has 1 aliphatic rings. The molecular formula is C26H28N2O6S. The zero-order valence-corrected chi connectivity index (χ0v) is 20.7. The van der Waals surface area contributed by atoms with Gasteiger partial charge in [0, 0.05) is 31.3 Å². The van der Waals surface area contributed by atoms with Crippen LogP contribution in [-0.2, 0) is 16.6 Å². The van der Waals surface area contributed by atoms with Crippen LogP contribution in [0.3, 0.4) is 0 Å². The van der Waals surface area contributed by atoms with Crippen LogP contribution in [0.25, 0.3) is 0 Å². The van der Waals surface area contributed by atoms with Crippen molar-refractivity contribution < 1.29 is 27.4 Å². The number of benzene rings is 3. The Morgan fingerprint density at radius 2 is 1.69 bits per heavy atom. The van der Waals surface area contributed by atoms with E-state index < -0.39 is 10.0 Å². The Morgan fingerprint density at radius 1 is 0.971 bits per heavy atom. The Hall–Kier alpha value is -3.72. The number of fused-ring (bicyclic) bond motifs is 1. The molecule has 1 heterocycles. The molecule has 3 aromatic carbocycles. The highest BCUT2D eigenvalue weighted by Gasteiger charge is 2.25. The summed E-state index contributed by atoms with van der Waals surface area (Å²) in [6.07, 6.45) is 0. The van der Waals surface area contributed by atoms with Gasteiger partial charge in [-0.2, -0.15) is 0 Å². The summed E-state index contributed by atoms with van der Waals surface area (Å²) in [5.41, 5.74) is 1.67. The Kier molecular flexibility index (Phi) is 7.16. The Labute approximate surface area is 205 Å². The zero-order chi connectivity index (χ0) is 25.0. The van der Waals surface area contributed by atoms with E-state index in [1.54, 1.807) is 29.2 Å². The van der Waals surface area contributed by atoms with Crippen molar-refractivity contribution >= 4 is 21.6 Å². The number of anilines is 1. The number of sulfonamides is 1. The van der Waals surface area contributed by atoms with E-state index in [1.165, 1.54) is 42.7 Å². The van der Waals surface area contributed by atoms with Crippen LogP contribution in [0.5, 0.6) is 17.2 Å². The SMILES string of the molecule is CCN(Cc1cccc2c1OCCO2)C(=O)c1ccc(S(=O)(=O)N(C)c2ccccc2OC)cc1. The number of carbonyl (C=O) groups is 1. The Morgan fingerprint density at radius 3 is 2.40 bits per heavy atom. The fraction of sp³-hybridized carbons (Fsp3) is 0.269. The molecule has 0 bridgehead atoms. The first kappa shape index (κ1) is 24.4. The van der Waals surface area contributed by atoms with Crippen molar-refractivity contribution in [3.8, 4) is 17.2 Å². The third-order valence-corrected chi connectivity index (χ3v) is 7.65. The van der Waals surface area contributed by atoms with Crippen molar-refractivity contribution in [2.75, 3.05) is 38.2 Å². The van der Waals surface area contributed by atoms with Crippen molar-refractivity contribution in [3.63, 3.8) is 0 Å². The van der Waals surface area contributed by atoms with Crippen molar-refractivity contribution in [2.45, 2.75) is 18.4 Å². The molecule has 0 saturated carbocycles. The molecule has 1 aliphatic heterocycles. The smallest absolute Gasteiger partial charge is 0.264 e. The summed E-state index contributed by atoms with van der Waals surface area (Å²) < 4.78 is 44.3.